The quantitative estimate of drug-likeness (QED) is 0.822. The Morgan fingerprint density at radius 3 is 2.82 bits per heavy atom. The molecule has 0 radical (unpaired) electrons. The molecule has 2 rings (SSSR count). The van der Waals surface area contributed by atoms with E-state index in [1.165, 1.54) is 23.1 Å². The van der Waals surface area contributed by atoms with Crippen LogP contribution in [0, 0.1) is 5.92 Å². The molecule has 2 amide bonds. The number of aromatic hydroxyl groups is 1. The molecule has 0 spiro atoms. The van der Waals surface area contributed by atoms with E-state index in [9.17, 15) is 14.7 Å². The third kappa shape index (κ3) is 2.19. The van der Waals surface area contributed by atoms with Crippen molar-refractivity contribution in [3.8, 4) is 5.75 Å². The molecule has 1 atom stereocenters. The minimum absolute atomic E-state index is 0.0136. The Morgan fingerprint density at radius 1 is 1.53 bits per heavy atom. The molecule has 0 saturated carbocycles. The van der Waals surface area contributed by atoms with Gasteiger partial charge in [-0.05, 0) is 12.1 Å². The number of rotatable bonds is 2. The van der Waals surface area contributed by atoms with Crippen LogP contribution in [0.25, 0.3) is 0 Å². The van der Waals surface area contributed by atoms with Gasteiger partial charge in [0.2, 0.25) is 11.8 Å². The minimum Gasteiger partial charge on any atom is -0.508 e. The molecule has 17 heavy (non-hydrogen) atoms. The second kappa shape index (κ2) is 4.25. The number of benzene rings is 1. The minimum atomic E-state index is -0.503. The van der Waals surface area contributed by atoms with Crippen LogP contribution in [0.3, 0.4) is 0 Å². The van der Waals surface area contributed by atoms with E-state index in [0.29, 0.717) is 10.7 Å². The van der Waals surface area contributed by atoms with Crippen molar-refractivity contribution in [3.63, 3.8) is 0 Å². The number of halogens is 1. The van der Waals surface area contributed by atoms with E-state index in [1.54, 1.807) is 0 Å². The van der Waals surface area contributed by atoms with Crippen LogP contribution in [-0.2, 0) is 9.59 Å². The van der Waals surface area contributed by atoms with Crippen molar-refractivity contribution in [2.24, 2.45) is 11.7 Å². The average Bonchev–Trinajstić information content (AvgIpc) is 2.64. The number of primary amides is 1. The van der Waals surface area contributed by atoms with Gasteiger partial charge in [0.1, 0.15) is 5.75 Å². The summed E-state index contributed by atoms with van der Waals surface area (Å²) in [6.45, 7) is 0.206. The predicted molar refractivity (Wildman–Crippen MR) is 62.8 cm³/mol. The first kappa shape index (κ1) is 11.7. The molecule has 6 heteroatoms. The van der Waals surface area contributed by atoms with Crippen LogP contribution in [0.2, 0.25) is 5.02 Å². The van der Waals surface area contributed by atoms with Gasteiger partial charge in [-0.2, -0.15) is 0 Å². The van der Waals surface area contributed by atoms with Crippen molar-refractivity contribution in [3.05, 3.63) is 23.2 Å². The van der Waals surface area contributed by atoms with Gasteiger partial charge >= 0.3 is 0 Å². The molecule has 1 fully saturated rings. The van der Waals surface area contributed by atoms with E-state index < -0.39 is 11.8 Å². The number of anilines is 1. The lowest BCUT2D eigenvalue weighted by Gasteiger charge is -2.17. The fraction of sp³-hybridized carbons (Fsp3) is 0.273. The molecule has 1 aromatic rings. The lowest BCUT2D eigenvalue weighted by molar-refractivity contribution is -0.123. The van der Waals surface area contributed by atoms with Crippen molar-refractivity contribution in [1.29, 1.82) is 0 Å². The number of carbonyl (C=O) groups excluding carboxylic acids is 2. The van der Waals surface area contributed by atoms with Crippen LogP contribution in [-0.4, -0.2) is 23.5 Å². The molecule has 1 aliphatic rings. The fourth-order valence-electron chi connectivity index (χ4n) is 1.84. The Balaban J connectivity index is 2.32. The largest absolute Gasteiger partial charge is 0.508 e. The summed E-state index contributed by atoms with van der Waals surface area (Å²) >= 11 is 5.95. The van der Waals surface area contributed by atoms with Crippen LogP contribution in [0.4, 0.5) is 5.69 Å². The predicted octanol–water partition coefficient (Wildman–Crippen LogP) is 0.884. The number of carbonyl (C=O) groups is 2. The molecular formula is C11H11ClN2O3. The topological polar surface area (TPSA) is 83.6 Å². The SMILES string of the molecule is NC(=O)C1CC(=O)N(c2cc(O)ccc2Cl)C1. The first-order valence-electron chi connectivity index (χ1n) is 5.07. The fourth-order valence-corrected chi connectivity index (χ4v) is 2.06. The van der Waals surface area contributed by atoms with E-state index >= 15 is 0 Å². The number of nitrogens with two attached hydrogens (primary N) is 1. The maximum Gasteiger partial charge on any atom is 0.227 e. The highest BCUT2D eigenvalue weighted by Gasteiger charge is 2.34. The zero-order valence-corrected chi connectivity index (χ0v) is 9.65. The Kier molecular flexibility index (Phi) is 2.93. The van der Waals surface area contributed by atoms with Crippen molar-refractivity contribution >= 4 is 29.1 Å². The normalized spacial score (nSPS) is 19.7. The van der Waals surface area contributed by atoms with Gasteiger partial charge in [-0.1, -0.05) is 11.6 Å². The van der Waals surface area contributed by atoms with E-state index in [0.717, 1.165) is 0 Å². The summed E-state index contributed by atoms with van der Waals surface area (Å²) in [4.78, 5) is 24.1. The molecule has 1 saturated heterocycles. The van der Waals surface area contributed by atoms with Crippen LogP contribution in [0.15, 0.2) is 18.2 Å². The summed E-state index contributed by atoms with van der Waals surface area (Å²) in [6.07, 6.45) is 0.0846. The highest BCUT2D eigenvalue weighted by molar-refractivity contribution is 6.34. The van der Waals surface area contributed by atoms with Gasteiger partial charge in [-0.3, -0.25) is 9.59 Å². The number of nitrogens with zero attached hydrogens (tertiary/aromatic N) is 1. The van der Waals surface area contributed by atoms with E-state index in [2.05, 4.69) is 0 Å². The van der Waals surface area contributed by atoms with Crippen LogP contribution in [0.5, 0.6) is 5.75 Å². The number of amides is 2. The van der Waals surface area contributed by atoms with Gasteiger partial charge < -0.3 is 15.7 Å². The van der Waals surface area contributed by atoms with Crippen molar-refractivity contribution < 1.29 is 14.7 Å². The Hall–Kier alpha value is -1.75. The summed E-state index contributed by atoms with van der Waals surface area (Å²) in [7, 11) is 0. The van der Waals surface area contributed by atoms with E-state index in [-0.39, 0.29) is 24.6 Å². The second-order valence-corrected chi connectivity index (χ2v) is 4.35. The molecular weight excluding hydrogens is 244 g/mol. The number of phenols is 1. The third-order valence-corrected chi connectivity index (χ3v) is 3.07. The van der Waals surface area contributed by atoms with E-state index in [4.69, 9.17) is 17.3 Å². The summed E-state index contributed by atoms with van der Waals surface area (Å²) in [6, 6.07) is 4.32. The number of hydrogen-bond donors (Lipinski definition) is 2. The van der Waals surface area contributed by atoms with Crippen molar-refractivity contribution in [2.75, 3.05) is 11.4 Å². The van der Waals surface area contributed by atoms with Crippen LogP contribution in [0.1, 0.15) is 6.42 Å². The highest BCUT2D eigenvalue weighted by atomic mass is 35.5. The molecule has 0 bridgehead atoms. The lowest BCUT2D eigenvalue weighted by Crippen LogP contribution is -2.28. The van der Waals surface area contributed by atoms with Gasteiger partial charge in [-0.25, -0.2) is 0 Å². The van der Waals surface area contributed by atoms with Gasteiger partial charge in [0, 0.05) is 19.0 Å². The standard InChI is InChI=1S/C11H11ClN2O3/c12-8-2-1-7(15)4-9(8)14-5-6(11(13)17)3-10(14)16/h1-2,4,6,15H,3,5H2,(H2,13,17). The average molecular weight is 255 g/mol. The molecule has 1 unspecified atom stereocenters. The van der Waals surface area contributed by atoms with Crippen LogP contribution < -0.4 is 10.6 Å². The van der Waals surface area contributed by atoms with Gasteiger partial charge in [0.25, 0.3) is 0 Å². The van der Waals surface area contributed by atoms with Gasteiger partial charge in [0.15, 0.2) is 0 Å². The highest BCUT2D eigenvalue weighted by Crippen LogP contribution is 2.33. The number of hydrogen-bond acceptors (Lipinski definition) is 3. The molecule has 90 valence electrons. The monoisotopic (exact) mass is 254 g/mol. The van der Waals surface area contributed by atoms with Crippen molar-refractivity contribution in [2.45, 2.75) is 6.42 Å². The number of phenolic OH excluding ortho intramolecular Hbond substituents is 1. The smallest absolute Gasteiger partial charge is 0.227 e. The molecule has 1 aliphatic heterocycles. The first-order chi connectivity index (χ1) is 7.99. The van der Waals surface area contributed by atoms with Gasteiger partial charge in [0.05, 0.1) is 16.6 Å². The maximum absolute atomic E-state index is 11.7. The summed E-state index contributed by atoms with van der Waals surface area (Å²) in [5.41, 5.74) is 5.57. The third-order valence-electron chi connectivity index (χ3n) is 2.75. The molecule has 1 heterocycles. The van der Waals surface area contributed by atoms with Crippen molar-refractivity contribution in [1.82, 2.24) is 0 Å². The first-order valence-corrected chi connectivity index (χ1v) is 5.45. The summed E-state index contributed by atoms with van der Waals surface area (Å²) in [5.74, 6) is -1.21. The molecule has 3 N–H and O–H groups in total. The zero-order chi connectivity index (χ0) is 12.6. The Bertz CT molecular complexity index is 490. The summed E-state index contributed by atoms with van der Waals surface area (Å²) in [5, 5.41) is 9.72. The Labute approximate surface area is 103 Å². The van der Waals surface area contributed by atoms with Crippen LogP contribution >= 0.6 is 11.6 Å². The Morgan fingerprint density at radius 2 is 2.24 bits per heavy atom. The second-order valence-electron chi connectivity index (χ2n) is 3.94. The summed E-state index contributed by atoms with van der Waals surface area (Å²) < 4.78 is 0. The maximum atomic E-state index is 11.7. The molecule has 5 nitrogen and oxygen atoms in total. The molecule has 0 aliphatic carbocycles. The van der Waals surface area contributed by atoms with Gasteiger partial charge in [-0.15, -0.1) is 0 Å². The lowest BCUT2D eigenvalue weighted by atomic mass is 10.1. The molecule has 0 aromatic heterocycles. The zero-order valence-electron chi connectivity index (χ0n) is 8.89. The van der Waals surface area contributed by atoms with E-state index in [1.807, 2.05) is 0 Å². The molecule has 1 aromatic carbocycles.